The van der Waals surface area contributed by atoms with E-state index in [1.807, 2.05) is 55.5 Å². The average molecular weight is 419 g/mol. The minimum absolute atomic E-state index is 0.190. The SMILES string of the molecule is COC(=O)C1=C(C(=O)OC)C2([C@@H](Cc3ccc(C)cc3)Nc3ccccc3)C=C[C@@H]1O2. The van der Waals surface area contributed by atoms with Crippen molar-refractivity contribution in [1.29, 1.82) is 0 Å². The summed E-state index contributed by atoms with van der Waals surface area (Å²) in [6, 6.07) is 17.5. The molecule has 0 fully saturated rings. The van der Waals surface area contributed by atoms with Crippen molar-refractivity contribution in [3.8, 4) is 0 Å². The van der Waals surface area contributed by atoms with Crippen LogP contribution >= 0.6 is 0 Å². The Kier molecular flexibility index (Phi) is 5.65. The van der Waals surface area contributed by atoms with E-state index in [4.69, 9.17) is 14.2 Å². The van der Waals surface area contributed by atoms with Crippen LogP contribution in [0.5, 0.6) is 0 Å². The van der Waals surface area contributed by atoms with Gasteiger partial charge in [0.05, 0.1) is 31.4 Å². The molecule has 0 spiro atoms. The molecule has 0 amide bonds. The third-order valence-electron chi connectivity index (χ3n) is 5.77. The molecule has 0 aromatic heterocycles. The number of hydrogen-bond donors (Lipinski definition) is 1. The maximum Gasteiger partial charge on any atom is 0.337 e. The van der Waals surface area contributed by atoms with Crippen molar-refractivity contribution in [3.05, 3.63) is 89.0 Å². The molecule has 2 aromatic rings. The van der Waals surface area contributed by atoms with Crippen molar-refractivity contribution in [3.63, 3.8) is 0 Å². The zero-order valence-corrected chi connectivity index (χ0v) is 17.8. The number of aryl methyl sites for hydroxylation is 1. The van der Waals surface area contributed by atoms with Gasteiger partial charge in [0.25, 0.3) is 0 Å². The normalized spacial score (nSPS) is 22.4. The lowest BCUT2D eigenvalue weighted by molar-refractivity contribution is -0.139. The molecule has 1 N–H and O–H groups in total. The molecule has 0 radical (unpaired) electrons. The Balaban J connectivity index is 1.81. The standard InChI is InChI=1S/C25H25NO5/c1-16-9-11-17(12-10-16)15-20(26-18-7-5-4-6-8-18)25-14-13-19(31-25)21(23(27)29-2)22(25)24(28)30-3/h4-14,19-20,26H,15H2,1-3H3/t19-,20+,25?/m0/s1. The number of rotatable bonds is 7. The minimum atomic E-state index is -1.16. The number of carbonyl (C=O) groups excluding carboxylic acids is 2. The van der Waals surface area contributed by atoms with Crippen molar-refractivity contribution in [2.45, 2.75) is 31.1 Å². The Hall–Kier alpha value is -3.38. The molecule has 2 aliphatic rings. The first kappa shape index (κ1) is 20.9. The first-order valence-corrected chi connectivity index (χ1v) is 10.1. The van der Waals surface area contributed by atoms with E-state index in [-0.39, 0.29) is 17.2 Å². The molecule has 0 saturated carbocycles. The zero-order chi connectivity index (χ0) is 22.0. The van der Waals surface area contributed by atoms with Crippen LogP contribution in [-0.2, 0) is 30.2 Å². The highest BCUT2D eigenvalue weighted by Crippen LogP contribution is 2.47. The van der Waals surface area contributed by atoms with E-state index in [1.165, 1.54) is 14.2 Å². The van der Waals surface area contributed by atoms with Gasteiger partial charge in [-0.3, -0.25) is 0 Å². The first-order chi connectivity index (χ1) is 15.0. The molecule has 2 aromatic carbocycles. The second kappa shape index (κ2) is 8.40. The van der Waals surface area contributed by atoms with Gasteiger partial charge in [-0.15, -0.1) is 0 Å². The highest BCUT2D eigenvalue weighted by atomic mass is 16.6. The van der Waals surface area contributed by atoms with Gasteiger partial charge in [0.15, 0.2) is 0 Å². The van der Waals surface area contributed by atoms with Crippen LogP contribution in [-0.4, -0.2) is 43.9 Å². The maximum absolute atomic E-state index is 12.9. The van der Waals surface area contributed by atoms with E-state index in [0.717, 1.165) is 16.8 Å². The summed E-state index contributed by atoms with van der Waals surface area (Å²) < 4.78 is 16.3. The van der Waals surface area contributed by atoms with Gasteiger partial charge in [-0.05, 0) is 37.1 Å². The summed E-state index contributed by atoms with van der Waals surface area (Å²) in [5.41, 5.74) is 2.34. The van der Waals surface area contributed by atoms with Crippen LogP contribution in [0.25, 0.3) is 0 Å². The van der Waals surface area contributed by atoms with E-state index in [9.17, 15) is 9.59 Å². The van der Waals surface area contributed by atoms with Gasteiger partial charge in [0.2, 0.25) is 0 Å². The minimum Gasteiger partial charge on any atom is -0.466 e. The van der Waals surface area contributed by atoms with Gasteiger partial charge < -0.3 is 19.5 Å². The fraction of sp³-hybridized carbons (Fsp3) is 0.280. The van der Waals surface area contributed by atoms with Crippen molar-refractivity contribution >= 4 is 17.6 Å². The summed E-state index contributed by atoms with van der Waals surface area (Å²) in [6.45, 7) is 2.04. The Labute approximate surface area is 181 Å². The van der Waals surface area contributed by atoms with Crippen molar-refractivity contribution in [2.75, 3.05) is 19.5 Å². The quantitative estimate of drug-likeness (QED) is 0.548. The van der Waals surface area contributed by atoms with E-state index < -0.39 is 23.6 Å². The molecule has 3 atom stereocenters. The van der Waals surface area contributed by atoms with Gasteiger partial charge in [0, 0.05) is 5.69 Å². The number of hydrogen-bond acceptors (Lipinski definition) is 6. The van der Waals surface area contributed by atoms with Crippen LogP contribution < -0.4 is 5.32 Å². The van der Waals surface area contributed by atoms with Crippen molar-refractivity contribution < 1.29 is 23.8 Å². The fourth-order valence-electron chi connectivity index (χ4n) is 4.25. The summed E-state index contributed by atoms with van der Waals surface area (Å²) in [5, 5.41) is 3.52. The largest absolute Gasteiger partial charge is 0.466 e. The maximum atomic E-state index is 12.9. The van der Waals surface area contributed by atoms with Crippen LogP contribution in [0.4, 0.5) is 5.69 Å². The number of benzene rings is 2. The second-order valence-electron chi connectivity index (χ2n) is 7.72. The molecule has 6 heteroatoms. The number of carbonyl (C=O) groups is 2. The lowest BCUT2D eigenvalue weighted by atomic mass is 9.79. The molecule has 6 nitrogen and oxygen atoms in total. The molecule has 31 heavy (non-hydrogen) atoms. The lowest BCUT2D eigenvalue weighted by Crippen LogP contribution is -2.49. The molecule has 0 aliphatic carbocycles. The van der Waals surface area contributed by atoms with Gasteiger partial charge >= 0.3 is 11.9 Å². The topological polar surface area (TPSA) is 73.9 Å². The highest BCUT2D eigenvalue weighted by Gasteiger charge is 2.58. The van der Waals surface area contributed by atoms with E-state index in [0.29, 0.717) is 6.42 Å². The monoisotopic (exact) mass is 419 g/mol. The van der Waals surface area contributed by atoms with Crippen LogP contribution in [0, 0.1) is 6.92 Å². The Morgan fingerprint density at radius 2 is 1.71 bits per heavy atom. The molecular weight excluding hydrogens is 394 g/mol. The summed E-state index contributed by atoms with van der Waals surface area (Å²) in [6.07, 6.45) is 3.56. The third-order valence-corrected chi connectivity index (χ3v) is 5.77. The number of esters is 2. The van der Waals surface area contributed by atoms with Crippen molar-refractivity contribution in [1.82, 2.24) is 0 Å². The van der Waals surface area contributed by atoms with E-state index in [1.54, 1.807) is 6.08 Å². The molecule has 0 saturated heterocycles. The van der Waals surface area contributed by atoms with Crippen LogP contribution in [0.15, 0.2) is 77.9 Å². The van der Waals surface area contributed by atoms with Crippen LogP contribution in [0.2, 0.25) is 0 Å². The van der Waals surface area contributed by atoms with E-state index >= 15 is 0 Å². The fourth-order valence-corrected chi connectivity index (χ4v) is 4.25. The highest BCUT2D eigenvalue weighted by molar-refractivity contribution is 6.05. The molecule has 2 bridgehead atoms. The number of methoxy groups -OCH3 is 2. The predicted octanol–water partition coefficient (Wildman–Crippen LogP) is 3.37. The molecule has 4 rings (SSSR count). The lowest BCUT2D eigenvalue weighted by Gasteiger charge is -2.36. The summed E-state index contributed by atoms with van der Waals surface area (Å²) in [5.74, 6) is -1.19. The number of nitrogens with one attached hydrogen (secondary N) is 1. The zero-order valence-electron chi connectivity index (χ0n) is 17.8. The molecular formula is C25H25NO5. The number of para-hydroxylation sites is 1. The number of ether oxygens (including phenoxy) is 3. The Morgan fingerprint density at radius 3 is 2.35 bits per heavy atom. The first-order valence-electron chi connectivity index (χ1n) is 10.1. The smallest absolute Gasteiger partial charge is 0.337 e. The number of anilines is 1. The average Bonchev–Trinajstić information content (AvgIpc) is 3.38. The van der Waals surface area contributed by atoms with Crippen LogP contribution in [0.1, 0.15) is 11.1 Å². The van der Waals surface area contributed by atoms with Gasteiger partial charge in [0.1, 0.15) is 11.7 Å². The Bertz CT molecular complexity index is 1040. The third kappa shape index (κ3) is 3.75. The van der Waals surface area contributed by atoms with Gasteiger partial charge in [-0.1, -0.05) is 54.1 Å². The molecule has 1 unspecified atom stereocenters. The molecule has 2 aliphatic heterocycles. The second-order valence-corrected chi connectivity index (χ2v) is 7.72. The summed E-state index contributed by atoms with van der Waals surface area (Å²) in [4.78, 5) is 25.4. The van der Waals surface area contributed by atoms with Gasteiger partial charge in [-0.2, -0.15) is 0 Å². The number of fused-ring (bicyclic) bond motifs is 2. The predicted molar refractivity (Wildman–Crippen MR) is 117 cm³/mol. The van der Waals surface area contributed by atoms with Crippen molar-refractivity contribution in [2.24, 2.45) is 0 Å². The van der Waals surface area contributed by atoms with Gasteiger partial charge in [-0.25, -0.2) is 9.59 Å². The van der Waals surface area contributed by atoms with E-state index in [2.05, 4.69) is 17.4 Å². The summed E-state index contributed by atoms with van der Waals surface area (Å²) in [7, 11) is 2.59. The summed E-state index contributed by atoms with van der Waals surface area (Å²) >= 11 is 0. The Morgan fingerprint density at radius 1 is 1.03 bits per heavy atom. The van der Waals surface area contributed by atoms with Crippen LogP contribution in [0.3, 0.4) is 0 Å². The molecule has 160 valence electrons. The molecule has 2 heterocycles.